The summed E-state index contributed by atoms with van der Waals surface area (Å²) in [4.78, 5) is 2.42. The zero-order valence-electron chi connectivity index (χ0n) is 38.6. The number of aromatic nitrogens is 1. The van der Waals surface area contributed by atoms with Crippen LogP contribution >= 0.6 is 0 Å². The van der Waals surface area contributed by atoms with Crippen molar-refractivity contribution in [2.75, 3.05) is 4.90 Å². The summed E-state index contributed by atoms with van der Waals surface area (Å²) in [5, 5.41) is 4.98. The SMILES string of the molecule is CC1(C)c2ccccc2-c2ccc(N(c3ccc(-c4ccccc4-n4c5ccccc5c5cc(-c6cccc(-c7ccccc7)c6)ccc54)cc3)c3ccc(-c4cccc5ccccc45)cc3)cc21. The van der Waals surface area contributed by atoms with E-state index in [1.54, 1.807) is 0 Å². The van der Waals surface area contributed by atoms with Crippen molar-refractivity contribution >= 4 is 49.6 Å². The number of fused-ring (bicyclic) bond motifs is 7. The molecule has 0 spiro atoms. The second-order valence-corrected chi connectivity index (χ2v) is 18.9. The molecule has 1 aliphatic rings. The third-order valence-corrected chi connectivity index (χ3v) is 14.6. The van der Waals surface area contributed by atoms with Gasteiger partial charge >= 0.3 is 0 Å². The minimum atomic E-state index is -0.124. The molecule has 0 fully saturated rings. The summed E-state index contributed by atoms with van der Waals surface area (Å²) in [6, 6.07) is 93.6. The lowest BCUT2D eigenvalue weighted by atomic mass is 9.82. The van der Waals surface area contributed by atoms with Crippen molar-refractivity contribution < 1.29 is 0 Å². The van der Waals surface area contributed by atoms with Gasteiger partial charge in [0, 0.05) is 38.8 Å². The van der Waals surface area contributed by atoms with Gasteiger partial charge in [0.15, 0.2) is 0 Å². The summed E-state index contributed by atoms with van der Waals surface area (Å²) >= 11 is 0. The molecule has 0 atom stereocenters. The molecule has 0 aliphatic heterocycles. The Morgan fingerprint density at radius 1 is 0.304 bits per heavy atom. The molecule has 1 aliphatic carbocycles. The fourth-order valence-corrected chi connectivity index (χ4v) is 11.2. The molecule has 1 aromatic heterocycles. The van der Waals surface area contributed by atoms with Crippen LogP contribution in [-0.2, 0) is 5.41 Å². The number of benzene rings is 11. The van der Waals surface area contributed by atoms with Crippen LogP contribution in [0.5, 0.6) is 0 Å². The molecule has 0 N–H and O–H groups in total. The summed E-state index contributed by atoms with van der Waals surface area (Å²) in [6.07, 6.45) is 0. The van der Waals surface area contributed by atoms with Crippen LogP contribution in [0.25, 0.3) is 93.9 Å². The maximum Gasteiger partial charge on any atom is 0.0541 e. The van der Waals surface area contributed by atoms with Gasteiger partial charge in [-0.3, -0.25) is 0 Å². The predicted octanol–water partition coefficient (Wildman–Crippen LogP) is 18.4. The second-order valence-electron chi connectivity index (χ2n) is 18.9. The highest BCUT2D eigenvalue weighted by atomic mass is 15.1. The van der Waals surface area contributed by atoms with Crippen LogP contribution in [0.15, 0.2) is 255 Å². The van der Waals surface area contributed by atoms with E-state index in [9.17, 15) is 0 Å². The van der Waals surface area contributed by atoms with E-state index in [2.05, 4.69) is 278 Å². The van der Waals surface area contributed by atoms with Crippen molar-refractivity contribution in [2.24, 2.45) is 0 Å². The maximum atomic E-state index is 2.45. The summed E-state index contributed by atoms with van der Waals surface area (Å²) in [5.41, 5.74) is 21.7. The van der Waals surface area contributed by atoms with E-state index >= 15 is 0 Å². The smallest absolute Gasteiger partial charge is 0.0541 e. The van der Waals surface area contributed by atoms with Gasteiger partial charge in [-0.15, -0.1) is 0 Å². The molecule has 0 unspecified atom stereocenters. The number of para-hydroxylation sites is 2. The Morgan fingerprint density at radius 2 is 0.826 bits per heavy atom. The molecule has 2 nitrogen and oxygen atoms in total. The average Bonchev–Trinajstić information content (AvgIpc) is 3.86. The summed E-state index contributed by atoms with van der Waals surface area (Å²) in [5.74, 6) is 0. The van der Waals surface area contributed by atoms with E-state index in [0.717, 1.165) is 28.3 Å². The second kappa shape index (κ2) is 16.3. The molecule has 13 rings (SSSR count). The van der Waals surface area contributed by atoms with Gasteiger partial charge in [0.05, 0.1) is 16.7 Å². The molecule has 0 radical (unpaired) electrons. The van der Waals surface area contributed by atoms with Gasteiger partial charge in [-0.1, -0.05) is 202 Å². The maximum absolute atomic E-state index is 2.45. The van der Waals surface area contributed by atoms with E-state index in [1.165, 1.54) is 93.8 Å². The van der Waals surface area contributed by atoms with Gasteiger partial charge in [0.2, 0.25) is 0 Å². The minimum absolute atomic E-state index is 0.124. The molecule has 0 saturated heterocycles. The van der Waals surface area contributed by atoms with Crippen LogP contribution in [0, 0.1) is 0 Å². The number of rotatable bonds is 8. The fraction of sp³-hybridized carbons (Fsp3) is 0.0448. The molecule has 326 valence electrons. The highest BCUT2D eigenvalue weighted by Gasteiger charge is 2.35. The predicted molar refractivity (Wildman–Crippen MR) is 292 cm³/mol. The Kier molecular flexibility index (Phi) is 9.55. The largest absolute Gasteiger partial charge is 0.310 e. The average molecular weight is 881 g/mol. The summed E-state index contributed by atoms with van der Waals surface area (Å²) in [7, 11) is 0. The first-order valence-corrected chi connectivity index (χ1v) is 24.0. The van der Waals surface area contributed by atoms with E-state index in [-0.39, 0.29) is 5.41 Å². The molecule has 0 amide bonds. The highest BCUT2D eigenvalue weighted by molar-refractivity contribution is 6.11. The third kappa shape index (κ3) is 6.79. The van der Waals surface area contributed by atoms with Crippen LogP contribution in [0.1, 0.15) is 25.0 Å². The van der Waals surface area contributed by atoms with Crippen LogP contribution < -0.4 is 4.90 Å². The standard InChI is InChI=1S/C67H48N2/c1-67(2)62-27-11-8-24-58(62)59-40-39-54(44-63(59)67)68(52-35-30-47(31-36-52)56-26-15-19-46-18-6-7-22-55(46)56)53-37-32-48(33-38-53)57-23-9-12-28-64(57)69-65-29-13-10-25-60(65)61-43-51(34-41-66(61)69)50-21-14-20-49(42-50)45-16-4-3-5-17-45/h3-44H,1-2H3. The van der Waals surface area contributed by atoms with Gasteiger partial charge in [-0.2, -0.15) is 0 Å². The van der Waals surface area contributed by atoms with Crippen molar-refractivity contribution in [2.45, 2.75) is 19.3 Å². The normalized spacial score (nSPS) is 12.6. The van der Waals surface area contributed by atoms with E-state index < -0.39 is 0 Å². The molecular formula is C67H48N2. The van der Waals surface area contributed by atoms with E-state index in [0.29, 0.717) is 0 Å². The zero-order chi connectivity index (χ0) is 46.1. The topological polar surface area (TPSA) is 8.17 Å². The van der Waals surface area contributed by atoms with Crippen LogP contribution in [-0.4, -0.2) is 4.57 Å². The minimum Gasteiger partial charge on any atom is -0.310 e. The molecule has 0 bridgehead atoms. The molecule has 11 aromatic carbocycles. The first-order chi connectivity index (χ1) is 34.0. The van der Waals surface area contributed by atoms with Gasteiger partial charge in [-0.05, 0) is 139 Å². The molecule has 2 heteroatoms. The zero-order valence-corrected chi connectivity index (χ0v) is 38.6. The Labute approximate surface area is 403 Å². The van der Waals surface area contributed by atoms with Gasteiger partial charge < -0.3 is 9.47 Å². The molecular weight excluding hydrogens is 833 g/mol. The highest BCUT2D eigenvalue weighted by Crippen LogP contribution is 2.51. The lowest BCUT2D eigenvalue weighted by Crippen LogP contribution is -2.16. The lowest BCUT2D eigenvalue weighted by Gasteiger charge is -2.28. The van der Waals surface area contributed by atoms with Crippen molar-refractivity contribution in [3.63, 3.8) is 0 Å². The van der Waals surface area contributed by atoms with Gasteiger partial charge in [0.1, 0.15) is 0 Å². The molecule has 0 saturated carbocycles. The van der Waals surface area contributed by atoms with Gasteiger partial charge in [0.25, 0.3) is 0 Å². The molecule has 12 aromatic rings. The van der Waals surface area contributed by atoms with Crippen LogP contribution in [0.3, 0.4) is 0 Å². The van der Waals surface area contributed by atoms with Crippen molar-refractivity contribution in [3.05, 3.63) is 266 Å². The quantitative estimate of drug-likeness (QED) is 0.148. The Hall–Kier alpha value is -8.72. The number of nitrogens with zero attached hydrogens (tertiary/aromatic N) is 2. The first kappa shape index (κ1) is 40.5. The molecule has 69 heavy (non-hydrogen) atoms. The van der Waals surface area contributed by atoms with E-state index in [4.69, 9.17) is 0 Å². The third-order valence-electron chi connectivity index (χ3n) is 14.6. The fourth-order valence-electron chi connectivity index (χ4n) is 11.2. The van der Waals surface area contributed by atoms with Crippen LogP contribution in [0.2, 0.25) is 0 Å². The number of hydrogen-bond donors (Lipinski definition) is 0. The van der Waals surface area contributed by atoms with Gasteiger partial charge in [-0.25, -0.2) is 0 Å². The Bertz CT molecular complexity index is 3910. The van der Waals surface area contributed by atoms with Crippen molar-refractivity contribution in [3.8, 4) is 61.3 Å². The van der Waals surface area contributed by atoms with Crippen molar-refractivity contribution in [1.29, 1.82) is 0 Å². The first-order valence-electron chi connectivity index (χ1n) is 24.0. The number of hydrogen-bond acceptors (Lipinski definition) is 1. The Balaban J connectivity index is 0.906. The summed E-state index contributed by atoms with van der Waals surface area (Å²) < 4.78 is 2.45. The van der Waals surface area contributed by atoms with E-state index in [1.807, 2.05) is 0 Å². The van der Waals surface area contributed by atoms with Crippen LogP contribution in [0.4, 0.5) is 17.1 Å². The van der Waals surface area contributed by atoms with Crippen molar-refractivity contribution in [1.82, 2.24) is 4.57 Å². The number of anilines is 3. The lowest BCUT2D eigenvalue weighted by molar-refractivity contribution is 0.660. The monoisotopic (exact) mass is 880 g/mol. The molecule has 1 heterocycles. The summed E-state index contributed by atoms with van der Waals surface area (Å²) in [6.45, 7) is 4.72. The Morgan fingerprint density at radius 3 is 1.62 bits per heavy atom.